The van der Waals surface area contributed by atoms with E-state index in [-0.39, 0.29) is 17.3 Å². The zero-order valence-electron chi connectivity index (χ0n) is 11.4. The molecule has 0 fully saturated rings. The molecule has 0 spiro atoms. The summed E-state index contributed by atoms with van der Waals surface area (Å²) in [5.74, 6) is 0. The highest BCUT2D eigenvalue weighted by Crippen LogP contribution is 2.32. The first-order valence-corrected chi connectivity index (χ1v) is 6.72. The van der Waals surface area contributed by atoms with Crippen LogP contribution in [0.5, 0.6) is 0 Å². The standard InChI is InChI=1S/C15H15ClN2O3/c1-15(10-19,11-5-3-2-4-6-11)17-14-8-7-12(18(20)21)9-13(14)16/h2-9,17,19H,10H2,1H3. The summed E-state index contributed by atoms with van der Waals surface area (Å²) in [6, 6.07) is 13.6. The van der Waals surface area contributed by atoms with Crippen LogP contribution in [0.15, 0.2) is 48.5 Å². The lowest BCUT2D eigenvalue weighted by Crippen LogP contribution is -2.35. The fourth-order valence-electron chi connectivity index (χ4n) is 2.03. The molecule has 2 aromatic rings. The highest BCUT2D eigenvalue weighted by molar-refractivity contribution is 6.33. The number of nitrogens with one attached hydrogen (secondary N) is 1. The summed E-state index contributed by atoms with van der Waals surface area (Å²) in [7, 11) is 0. The summed E-state index contributed by atoms with van der Waals surface area (Å²) < 4.78 is 0. The summed E-state index contributed by atoms with van der Waals surface area (Å²) in [5.41, 5.74) is 0.613. The van der Waals surface area contributed by atoms with Gasteiger partial charge in [0.05, 0.1) is 27.8 Å². The van der Waals surface area contributed by atoms with Gasteiger partial charge in [-0.2, -0.15) is 0 Å². The first-order chi connectivity index (χ1) is 9.96. The van der Waals surface area contributed by atoms with Gasteiger partial charge in [-0.1, -0.05) is 41.9 Å². The number of hydrogen-bond donors (Lipinski definition) is 2. The summed E-state index contributed by atoms with van der Waals surface area (Å²) in [4.78, 5) is 10.2. The Labute approximate surface area is 127 Å². The summed E-state index contributed by atoms with van der Waals surface area (Å²) in [5, 5.41) is 23.8. The van der Waals surface area contributed by atoms with Gasteiger partial charge in [0.15, 0.2) is 0 Å². The van der Waals surface area contributed by atoms with Crippen LogP contribution in [-0.2, 0) is 5.54 Å². The van der Waals surface area contributed by atoms with Crippen LogP contribution in [0.25, 0.3) is 0 Å². The number of anilines is 1. The Kier molecular flexibility index (Phi) is 4.45. The van der Waals surface area contributed by atoms with Crippen LogP contribution in [-0.4, -0.2) is 16.6 Å². The van der Waals surface area contributed by atoms with Crippen molar-refractivity contribution in [3.05, 3.63) is 69.2 Å². The van der Waals surface area contributed by atoms with Crippen LogP contribution in [0.3, 0.4) is 0 Å². The van der Waals surface area contributed by atoms with Crippen molar-refractivity contribution in [2.75, 3.05) is 11.9 Å². The Morgan fingerprint density at radius 2 is 1.95 bits per heavy atom. The van der Waals surface area contributed by atoms with Crippen molar-refractivity contribution in [1.82, 2.24) is 0 Å². The number of aliphatic hydroxyl groups excluding tert-OH is 1. The summed E-state index contributed by atoms with van der Waals surface area (Å²) >= 11 is 6.08. The number of nitro groups is 1. The fourth-order valence-corrected chi connectivity index (χ4v) is 2.25. The molecule has 2 aromatic carbocycles. The molecule has 0 saturated heterocycles. The van der Waals surface area contributed by atoms with E-state index < -0.39 is 10.5 Å². The average molecular weight is 307 g/mol. The lowest BCUT2D eigenvalue weighted by molar-refractivity contribution is -0.384. The summed E-state index contributed by atoms with van der Waals surface area (Å²) in [6.45, 7) is 1.68. The molecule has 1 unspecified atom stereocenters. The third-order valence-electron chi connectivity index (χ3n) is 3.30. The topological polar surface area (TPSA) is 75.4 Å². The number of hydrogen-bond acceptors (Lipinski definition) is 4. The van der Waals surface area contributed by atoms with E-state index in [2.05, 4.69) is 5.32 Å². The van der Waals surface area contributed by atoms with Gasteiger partial charge in [0, 0.05) is 12.1 Å². The average Bonchev–Trinajstić information content (AvgIpc) is 2.50. The Morgan fingerprint density at radius 3 is 2.48 bits per heavy atom. The van der Waals surface area contributed by atoms with Crippen LogP contribution in [0.2, 0.25) is 5.02 Å². The molecule has 0 bridgehead atoms. The molecule has 0 saturated carbocycles. The molecular weight excluding hydrogens is 292 g/mol. The van der Waals surface area contributed by atoms with E-state index in [0.717, 1.165) is 5.56 Å². The molecule has 0 aliphatic carbocycles. The van der Waals surface area contributed by atoms with E-state index in [1.165, 1.54) is 18.2 Å². The van der Waals surface area contributed by atoms with Gasteiger partial charge in [0.25, 0.3) is 5.69 Å². The van der Waals surface area contributed by atoms with Gasteiger partial charge in [0.1, 0.15) is 0 Å². The van der Waals surface area contributed by atoms with Gasteiger partial charge in [-0.25, -0.2) is 0 Å². The Bertz CT molecular complexity index is 649. The molecule has 2 rings (SSSR count). The third-order valence-corrected chi connectivity index (χ3v) is 3.61. The number of nitro benzene ring substituents is 1. The number of non-ortho nitro benzene ring substituents is 1. The smallest absolute Gasteiger partial charge is 0.271 e. The highest BCUT2D eigenvalue weighted by atomic mass is 35.5. The van der Waals surface area contributed by atoms with Crippen molar-refractivity contribution in [3.8, 4) is 0 Å². The molecule has 0 aromatic heterocycles. The second kappa shape index (κ2) is 6.11. The first kappa shape index (κ1) is 15.3. The minimum Gasteiger partial charge on any atom is -0.394 e. The van der Waals surface area contributed by atoms with Crippen molar-refractivity contribution in [2.24, 2.45) is 0 Å². The van der Waals surface area contributed by atoms with E-state index in [9.17, 15) is 15.2 Å². The second-order valence-corrected chi connectivity index (χ2v) is 5.31. The van der Waals surface area contributed by atoms with E-state index in [0.29, 0.717) is 5.69 Å². The third kappa shape index (κ3) is 3.32. The monoisotopic (exact) mass is 306 g/mol. The van der Waals surface area contributed by atoms with Crippen molar-refractivity contribution in [2.45, 2.75) is 12.5 Å². The quantitative estimate of drug-likeness (QED) is 0.654. The number of halogens is 1. The van der Waals surface area contributed by atoms with Crippen LogP contribution < -0.4 is 5.32 Å². The molecule has 1 atom stereocenters. The van der Waals surface area contributed by atoms with E-state index in [1.807, 2.05) is 37.3 Å². The van der Waals surface area contributed by atoms with E-state index in [1.54, 1.807) is 0 Å². The molecule has 0 amide bonds. The Balaban J connectivity index is 2.33. The van der Waals surface area contributed by atoms with Crippen LogP contribution >= 0.6 is 11.6 Å². The van der Waals surface area contributed by atoms with E-state index in [4.69, 9.17) is 11.6 Å². The molecule has 5 nitrogen and oxygen atoms in total. The predicted octanol–water partition coefficient (Wildman–Crippen LogP) is 3.57. The molecule has 110 valence electrons. The zero-order valence-corrected chi connectivity index (χ0v) is 12.2. The van der Waals surface area contributed by atoms with Gasteiger partial charge in [0.2, 0.25) is 0 Å². The summed E-state index contributed by atoms with van der Waals surface area (Å²) in [6.07, 6.45) is 0. The number of benzene rings is 2. The number of aliphatic hydroxyl groups is 1. The highest BCUT2D eigenvalue weighted by Gasteiger charge is 2.26. The molecule has 21 heavy (non-hydrogen) atoms. The maximum atomic E-state index is 10.7. The SMILES string of the molecule is CC(CO)(Nc1ccc([N+](=O)[O-])cc1Cl)c1ccccc1. The molecule has 0 aliphatic rings. The Hall–Kier alpha value is -2.11. The molecule has 0 radical (unpaired) electrons. The first-order valence-electron chi connectivity index (χ1n) is 6.35. The number of rotatable bonds is 5. The minimum absolute atomic E-state index is 0.0732. The number of nitrogens with zero attached hydrogens (tertiary/aromatic N) is 1. The largest absolute Gasteiger partial charge is 0.394 e. The zero-order chi connectivity index (χ0) is 15.5. The van der Waals surface area contributed by atoms with Gasteiger partial charge in [-0.3, -0.25) is 10.1 Å². The minimum atomic E-state index is -0.735. The van der Waals surface area contributed by atoms with Gasteiger partial charge in [-0.15, -0.1) is 0 Å². The van der Waals surface area contributed by atoms with Crippen LogP contribution in [0, 0.1) is 10.1 Å². The van der Waals surface area contributed by atoms with Gasteiger partial charge < -0.3 is 10.4 Å². The Morgan fingerprint density at radius 1 is 1.29 bits per heavy atom. The fraction of sp³-hybridized carbons (Fsp3) is 0.200. The van der Waals surface area contributed by atoms with Crippen LogP contribution in [0.1, 0.15) is 12.5 Å². The van der Waals surface area contributed by atoms with Gasteiger partial charge >= 0.3 is 0 Å². The van der Waals surface area contributed by atoms with Gasteiger partial charge in [-0.05, 0) is 18.6 Å². The van der Waals surface area contributed by atoms with Crippen molar-refractivity contribution >= 4 is 23.0 Å². The normalized spacial score (nSPS) is 13.5. The second-order valence-electron chi connectivity index (χ2n) is 4.90. The van der Waals surface area contributed by atoms with E-state index >= 15 is 0 Å². The molecule has 0 heterocycles. The molecular formula is C15H15ClN2O3. The maximum Gasteiger partial charge on any atom is 0.271 e. The molecule has 6 heteroatoms. The van der Waals surface area contributed by atoms with Crippen molar-refractivity contribution in [3.63, 3.8) is 0 Å². The van der Waals surface area contributed by atoms with Crippen molar-refractivity contribution in [1.29, 1.82) is 0 Å². The lowest BCUT2D eigenvalue weighted by Gasteiger charge is -2.31. The molecule has 0 aliphatic heterocycles. The molecule has 2 N–H and O–H groups in total. The maximum absolute atomic E-state index is 10.7. The lowest BCUT2D eigenvalue weighted by atomic mass is 9.92. The predicted molar refractivity (Wildman–Crippen MR) is 82.6 cm³/mol. The van der Waals surface area contributed by atoms with Crippen molar-refractivity contribution < 1.29 is 10.0 Å². The van der Waals surface area contributed by atoms with Crippen LogP contribution in [0.4, 0.5) is 11.4 Å².